The van der Waals surface area contributed by atoms with Crippen molar-refractivity contribution in [2.24, 2.45) is 0 Å². The van der Waals surface area contributed by atoms with E-state index in [-0.39, 0.29) is 29.5 Å². The van der Waals surface area contributed by atoms with Gasteiger partial charge in [-0.15, -0.1) is 0 Å². The molecule has 1 heterocycles. The van der Waals surface area contributed by atoms with Gasteiger partial charge in [0.25, 0.3) is 0 Å². The van der Waals surface area contributed by atoms with Crippen molar-refractivity contribution in [3.63, 3.8) is 0 Å². The van der Waals surface area contributed by atoms with Crippen molar-refractivity contribution in [1.29, 1.82) is 0 Å². The van der Waals surface area contributed by atoms with Crippen molar-refractivity contribution in [1.82, 2.24) is 4.90 Å². The number of carbonyl (C=O) groups is 1. The van der Waals surface area contributed by atoms with E-state index < -0.39 is 15.7 Å². The molecule has 0 atom stereocenters. The predicted molar refractivity (Wildman–Crippen MR) is 79.2 cm³/mol. The molecular weight excluding hydrogens is 297 g/mol. The second-order valence-corrected chi connectivity index (χ2v) is 7.33. The molecule has 1 aromatic rings. The first-order valence-corrected chi connectivity index (χ1v) is 8.45. The molecule has 0 unspecified atom stereocenters. The molecule has 1 aliphatic heterocycles. The number of hydrogen-bond donors (Lipinski definition) is 2. The maximum Gasteiger partial charge on any atom is 0.225 e. The van der Waals surface area contributed by atoms with Crippen LogP contribution in [0.4, 0.5) is 15.8 Å². The number of nitrogens with one attached hydrogen (secondary N) is 1. The van der Waals surface area contributed by atoms with E-state index in [1.165, 1.54) is 18.2 Å². The van der Waals surface area contributed by atoms with Crippen LogP contribution in [0.15, 0.2) is 18.2 Å². The summed E-state index contributed by atoms with van der Waals surface area (Å²) in [5.74, 6) is -0.619. The smallest absolute Gasteiger partial charge is 0.225 e. The molecule has 1 amide bonds. The Bertz CT molecular complexity index is 620. The monoisotopic (exact) mass is 315 g/mol. The van der Waals surface area contributed by atoms with E-state index in [9.17, 15) is 17.6 Å². The summed E-state index contributed by atoms with van der Waals surface area (Å²) < 4.78 is 36.0. The highest BCUT2D eigenvalue weighted by Crippen LogP contribution is 2.17. The van der Waals surface area contributed by atoms with E-state index in [0.29, 0.717) is 25.3 Å². The Morgan fingerprint density at radius 1 is 1.33 bits per heavy atom. The number of nitrogens with two attached hydrogens (primary N) is 1. The molecule has 0 bridgehead atoms. The van der Waals surface area contributed by atoms with E-state index in [0.717, 1.165) is 0 Å². The summed E-state index contributed by atoms with van der Waals surface area (Å²) in [5, 5.41) is 2.47. The SMILES string of the molecule is Nc1ccc(F)c(NC(=O)CCN2CCS(=O)(=O)CC2)c1. The summed E-state index contributed by atoms with van der Waals surface area (Å²) >= 11 is 0. The number of rotatable bonds is 4. The van der Waals surface area contributed by atoms with E-state index in [1.54, 1.807) is 0 Å². The highest BCUT2D eigenvalue weighted by molar-refractivity contribution is 7.91. The first-order chi connectivity index (χ1) is 9.85. The second kappa shape index (κ2) is 6.40. The van der Waals surface area contributed by atoms with Gasteiger partial charge in [-0.05, 0) is 18.2 Å². The van der Waals surface area contributed by atoms with Crippen LogP contribution in [0.1, 0.15) is 6.42 Å². The Hall–Kier alpha value is -1.67. The summed E-state index contributed by atoms with van der Waals surface area (Å²) in [4.78, 5) is 13.7. The zero-order chi connectivity index (χ0) is 15.5. The fourth-order valence-corrected chi connectivity index (χ4v) is 3.36. The number of nitrogen functional groups attached to an aromatic ring is 1. The number of amides is 1. The minimum absolute atomic E-state index is 0.0567. The van der Waals surface area contributed by atoms with Crippen LogP contribution in [-0.2, 0) is 14.6 Å². The third kappa shape index (κ3) is 4.68. The van der Waals surface area contributed by atoms with Crippen molar-refractivity contribution in [3.05, 3.63) is 24.0 Å². The van der Waals surface area contributed by atoms with E-state index >= 15 is 0 Å². The zero-order valence-electron chi connectivity index (χ0n) is 11.5. The lowest BCUT2D eigenvalue weighted by Gasteiger charge is -2.26. The third-order valence-electron chi connectivity index (χ3n) is 3.36. The predicted octanol–water partition coefficient (Wildman–Crippen LogP) is 0.467. The molecule has 3 N–H and O–H groups in total. The quantitative estimate of drug-likeness (QED) is 0.788. The molecule has 8 heteroatoms. The van der Waals surface area contributed by atoms with Crippen LogP contribution >= 0.6 is 0 Å². The third-order valence-corrected chi connectivity index (χ3v) is 4.97. The number of hydrogen-bond acceptors (Lipinski definition) is 5. The highest BCUT2D eigenvalue weighted by Gasteiger charge is 2.21. The lowest BCUT2D eigenvalue weighted by Crippen LogP contribution is -2.41. The summed E-state index contributed by atoms with van der Waals surface area (Å²) in [5.41, 5.74) is 5.96. The van der Waals surface area contributed by atoms with Crippen LogP contribution in [0.3, 0.4) is 0 Å². The molecule has 0 aliphatic carbocycles. The summed E-state index contributed by atoms with van der Waals surface area (Å²) in [6.07, 6.45) is 0.175. The average Bonchev–Trinajstić information content (AvgIpc) is 2.42. The van der Waals surface area contributed by atoms with Gasteiger partial charge in [-0.25, -0.2) is 12.8 Å². The fourth-order valence-electron chi connectivity index (χ4n) is 2.08. The molecule has 1 fully saturated rings. The number of benzene rings is 1. The van der Waals surface area contributed by atoms with Gasteiger partial charge in [0.1, 0.15) is 5.82 Å². The van der Waals surface area contributed by atoms with Crippen molar-refractivity contribution in [2.75, 3.05) is 42.2 Å². The van der Waals surface area contributed by atoms with Gasteiger partial charge in [0.05, 0.1) is 17.2 Å². The Balaban J connectivity index is 1.81. The van der Waals surface area contributed by atoms with Crippen LogP contribution in [0, 0.1) is 5.82 Å². The summed E-state index contributed by atoms with van der Waals surface area (Å²) in [6, 6.07) is 3.97. The number of nitrogens with zero attached hydrogens (tertiary/aromatic N) is 1. The lowest BCUT2D eigenvalue weighted by molar-refractivity contribution is -0.116. The molecule has 1 aliphatic rings. The van der Waals surface area contributed by atoms with E-state index in [2.05, 4.69) is 5.32 Å². The van der Waals surface area contributed by atoms with Gasteiger partial charge in [-0.1, -0.05) is 0 Å². The van der Waals surface area contributed by atoms with Crippen molar-refractivity contribution in [2.45, 2.75) is 6.42 Å². The minimum atomic E-state index is -2.92. The van der Waals surface area contributed by atoms with Crippen LogP contribution in [0.25, 0.3) is 0 Å². The van der Waals surface area contributed by atoms with Gasteiger partial charge in [0.15, 0.2) is 9.84 Å². The first kappa shape index (κ1) is 15.7. The van der Waals surface area contributed by atoms with Crippen molar-refractivity contribution >= 4 is 27.1 Å². The first-order valence-electron chi connectivity index (χ1n) is 6.63. The maximum atomic E-state index is 13.5. The van der Waals surface area contributed by atoms with Gasteiger partial charge < -0.3 is 16.0 Å². The molecule has 116 valence electrons. The topological polar surface area (TPSA) is 92.5 Å². The normalized spacial score (nSPS) is 18.3. The Labute approximate surface area is 123 Å². The molecule has 2 rings (SSSR count). The summed E-state index contributed by atoms with van der Waals surface area (Å²) in [7, 11) is -2.92. The van der Waals surface area contributed by atoms with E-state index in [4.69, 9.17) is 5.73 Å². The number of sulfone groups is 1. The van der Waals surface area contributed by atoms with Gasteiger partial charge in [-0.3, -0.25) is 4.79 Å². The Kier molecular flexibility index (Phi) is 4.79. The largest absolute Gasteiger partial charge is 0.399 e. The maximum absolute atomic E-state index is 13.5. The molecule has 1 saturated heterocycles. The molecule has 1 aromatic carbocycles. The van der Waals surface area contributed by atoms with Gasteiger partial charge in [0.2, 0.25) is 5.91 Å². The lowest BCUT2D eigenvalue weighted by atomic mass is 10.2. The fraction of sp³-hybridized carbons (Fsp3) is 0.462. The van der Waals surface area contributed by atoms with Crippen molar-refractivity contribution in [3.8, 4) is 0 Å². The van der Waals surface area contributed by atoms with E-state index in [1.807, 2.05) is 4.90 Å². The molecule has 0 radical (unpaired) electrons. The number of carbonyl (C=O) groups excluding carboxylic acids is 1. The average molecular weight is 315 g/mol. The second-order valence-electron chi connectivity index (χ2n) is 5.03. The van der Waals surface area contributed by atoms with Crippen LogP contribution in [0.2, 0.25) is 0 Å². The molecule has 6 nitrogen and oxygen atoms in total. The molecule has 21 heavy (non-hydrogen) atoms. The van der Waals surface area contributed by atoms with Gasteiger partial charge in [-0.2, -0.15) is 0 Å². The van der Waals surface area contributed by atoms with Crippen LogP contribution < -0.4 is 11.1 Å². The van der Waals surface area contributed by atoms with Crippen molar-refractivity contribution < 1.29 is 17.6 Å². The highest BCUT2D eigenvalue weighted by atomic mass is 32.2. The minimum Gasteiger partial charge on any atom is -0.399 e. The zero-order valence-corrected chi connectivity index (χ0v) is 12.3. The molecule has 0 saturated carbocycles. The van der Waals surface area contributed by atoms with Crippen LogP contribution in [0.5, 0.6) is 0 Å². The molecule has 0 aromatic heterocycles. The summed E-state index contributed by atoms with van der Waals surface area (Å²) in [6.45, 7) is 1.32. The molecule has 0 spiro atoms. The number of halogens is 1. The standard InChI is InChI=1S/C13H18FN3O3S/c14-11-2-1-10(15)9-12(11)16-13(18)3-4-17-5-7-21(19,20)8-6-17/h1-2,9H,3-8,15H2,(H,16,18). The van der Waals surface area contributed by atoms with Gasteiger partial charge >= 0.3 is 0 Å². The number of anilines is 2. The van der Waals surface area contributed by atoms with Crippen LogP contribution in [-0.4, -0.2) is 50.4 Å². The molecular formula is C13H18FN3O3S. The Morgan fingerprint density at radius 3 is 2.67 bits per heavy atom. The Morgan fingerprint density at radius 2 is 2.00 bits per heavy atom. The van der Waals surface area contributed by atoms with Gasteiger partial charge in [0, 0.05) is 31.7 Å².